The maximum absolute atomic E-state index is 13.6. The molecule has 0 amide bonds. The van der Waals surface area contributed by atoms with Crippen LogP contribution in [0.2, 0.25) is 0 Å². The van der Waals surface area contributed by atoms with Crippen LogP contribution in [0.1, 0.15) is 11.6 Å². The first kappa shape index (κ1) is 13.4. The maximum Gasteiger partial charge on any atom is 0.131 e. The molecule has 1 atom stereocenters. The van der Waals surface area contributed by atoms with Gasteiger partial charge in [-0.1, -0.05) is 12.1 Å². The summed E-state index contributed by atoms with van der Waals surface area (Å²) in [6.07, 6.45) is 0. The number of anilines is 1. The Morgan fingerprint density at radius 2 is 1.63 bits per heavy atom. The fraction of sp³-hybridized carbons (Fsp3) is 0.143. The smallest absolute Gasteiger partial charge is 0.131 e. The number of nitrogens with one attached hydrogen (secondary N) is 1. The van der Waals surface area contributed by atoms with Crippen LogP contribution >= 0.6 is 0 Å². The van der Waals surface area contributed by atoms with Gasteiger partial charge in [0.05, 0.1) is 12.6 Å². The molecule has 19 heavy (non-hydrogen) atoms. The Morgan fingerprint density at radius 1 is 1.00 bits per heavy atom. The van der Waals surface area contributed by atoms with E-state index in [0.717, 1.165) is 12.1 Å². The second kappa shape index (κ2) is 5.75. The highest BCUT2D eigenvalue weighted by molar-refractivity contribution is 5.46. The van der Waals surface area contributed by atoms with Crippen molar-refractivity contribution in [3.8, 4) is 0 Å². The van der Waals surface area contributed by atoms with E-state index in [1.165, 1.54) is 24.3 Å². The molecule has 0 aliphatic rings. The summed E-state index contributed by atoms with van der Waals surface area (Å²) < 4.78 is 40.2. The Labute approximate surface area is 108 Å². The predicted octanol–water partition coefficient (Wildman–Crippen LogP) is 3.25. The molecule has 0 fully saturated rings. The first-order valence-electron chi connectivity index (χ1n) is 5.68. The molecular weight excluding hydrogens is 255 g/mol. The zero-order valence-electron chi connectivity index (χ0n) is 9.91. The van der Waals surface area contributed by atoms with Crippen molar-refractivity contribution in [2.24, 2.45) is 0 Å². The molecule has 2 aromatic rings. The Morgan fingerprint density at radius 3 is 2.21 bits per heavy atom. The maximum atomic E-state index is 13.6. The standard InChI is InChI=1S/C14H12F3NO/c15-9-3-1-4-10(7-9)18-13(8-19)14-11(16)5-2-6-12(14)17/h1-7,13,18-19H,8H2. The molecule has 0 saturated carbocycles. The molecule has 0 radical (unpaired) electrons. The summed E-state index contributed by atoms with van der Waals surface area (Å²) in [6.45, 7) is -0.519. The zero-order valence-corrected chi connectivity index (χ0v) is 9.91. The van der Waals surface area contributed by atoms with Crippen molar-refractivity contribution in [3.05, 3.63) is 65.5 Å². The van der Waals surface area contributed by atoms with Gasteiger partial charge in [0, 0.05) is 11.3 Å². The summed E-state index contributed by atoms with van der Waals surface area (Å²) >= 11 is 0. The largest absolute Gasteiger partial charge is 0.394 e. The van der Waals surface area contributed by atoms with Crippen molar-refractivity contribution in [3.63, 3.8) is 0 Å². The summed E-state index contributed by atoms with van der Waals surface area (Å²) in [6, 6.07) is 7.91. The van der Waals surface area contributed by atoms with E-state index in [2.05, 4.69) is 5.32 Å². The van der Waals surface area contributed by atoms with Gasteiger partial charge in [-0.05, 0) is 30.3 Å². The van der Waals surface area contributed by atoms with Gasteiger partial charge in [-0.15, -0.1) is 0 Å². The van der Waals surface area contributed by atoms with Crippen LogP contribution in [0.3, 0.4) is 0 Å². The summed E-state index contributed by atoms with van der Waals surface area (Å²) in [5.74, 6) is -2.00. The van der Waals surface area contributed by atoms with Gasteiger partial charge in [0.2, 0.25) is 0 Å². The molecule has 2 nitrogen and oxygen atoms in total. The highest BCUT2D eigenvalue weighted by Gasteiger charge is 2.19. The topological polar surface area (TPSA) is 32.3 Å². The minimum Gasteiger partial charge on any atom is -0.394 e. The average Bonchev–Trinajstić information content (AvgIpc) is 2.37. The molecule has 0 spiro atoms. The van der Waals surface area contributed by atoms with Crippen LogP contribution in [0.5, 0.6) is 0 Å². The lowest BCUT2D eigenvalue weighted by Gasteiger charge is -2.19. The number of rotatable bonds is 4. The van der Waals surface area contributed by atoms with Gasteiger partial charge in [-0.3, -0.25) is 0 Å². The summed E-state index contributed by atoms with van der Waals surface area (Å²) in [4.78, 5) is 0. The number of aliphatic hydroxyl groups is 1. The van der Waals surface area contributed by atoms with Gasteiger partial charge < -0.3 is 10.4 Å². The van der Waals surface area contributed by atoms with Crippen molar-refractivity contribution in [2.45, 2.75) is 6.04 Å². The van der Waals surface area contributed by atoms with Crippen molar-refractivity contribution in [1.29, 1.82) is 0 Å². The van der Waals surface area contributed by atoms with E-state index < -0.39 is 30.1 Å². The molecule has 2 rings (SSSR count). The Hall–Kier alpha value is -2.01. The molecule has 5 heteroatoms. The normalized spacial score (nSPS) is 12.2. The Balaban J connectivity index is 2.30. The quantitative estimate of drug-likeness (QED) is 0.891. The van der Waals surface area contributed by atoms with Crippen LogP contribution in [0.4, 0.5) is 18.9 Å². The van der Waals surface area contributed by atoms with Crippen molar-refractivity contribution in [2.75, 3.05) is 11.9 Å². The van der Waals surface area contributed by atoms with E-state index in [9.17, 15) is 18.3 Å². The summed E-state index contributed by atoms with van der Waals surface area (Å²) in [7, 11) is 0. The Kier molecular flexibility index (Phi) is 4.06. The molecular formula is C14H12F3NO. The fourth-order valence-electron chi connectivity index (χ4n) is 1.83. The fourth-order valence-corrected chi connectivity index (χ4v) is 1.83. The van der Waals surface area contributed by atoms with E-state index in [1.54, 1.807) is 6.07 Å². The summed E-state index contributed by atoms with van der Waals surface area (Å²) in [5, 5.41) is 12.0. The number of aliphatic hydroxyl groups excluding tert-OH is 1. The van der Waals surface area contributed by atoms with Gasteiger partial charge in [0.25, 0.3) is 0 Å². The van der Waals surface area contributed by atoms with E-state index in [0.29, 0.717) is 5.69 Å². The lowest BCUT2D eigenvalue weighted by atomic mass is 10.1. The lowest BCUT2D eigenvalue weighted by molar-refractivity contribution is 0.271. The van der Waals surface area contributed by atoms with Crippen molar-refractivity contribution in [1.82, 2.24) is 0 Å². The molecule has 0 aromatic heterocycles. The van der Waals surface area contributed by atoms with E-state index in [-0.39, 0.29) is 5.56 Å². The summed E-state index contributed by atoms with van der Waals surface area (Å²) in [5.41, 5.74) is 0.0657. The molecule has 0 saturated heterocycles. The molecule has 0 aliphatic carbocycles. The zero-order chi connectivity index (χ0) is 13.8. The second-order valence-electron chi connectivity index (χ2n) is 4.03. The van der Waals surface area contributed by atoms with Crippen LogP contribution in [0.25, 0.3) is 0 Å². The van der Waals surface area contributed by atoms with Crippen molar-refractivity contribution >= 4 is 5.69 Å². The van der Waals surface area contributed by atoms with Crippen LogP contribution < -0.4 is 5.32 Å². The third kappa shape index (κ3) is 3.06. The first-order chi connectivity index (χ1) is 9.11. The predicted molar refractivity (Wildman–Crippen MR) is 66.2 cm³/mol. The van der Waals surface area contributed by atoms with Crippen molar-refractivity contribution < 1.29 is 18.3 Å². The molecule has 2 aromatic carbocycles. The minimum atomic E-state index is -0.983. The van der Waals surface area contributed by atoms with E-state index in [4.69, 9.17) is 0 Å². The molecule has 0 bridgehead atoms. The number of halogens is 3. The number of benzene rings is 2. The van der Waals surface area contributed by atoms with Crippen LogP contribution in [0, 0.1) is 17.5 Å². The SMILES string of the molecule is OCC(Nc1cccc(F)c1)c1c(F)cccc1F. The highest BCUT2D eigenvalue weighted by atomic mass is 19.1. The second-order valence-corrected chi connectivity index (χ2v) is 4.03. The third-order valence-electron chi connectivity index (χ3n) is 2.70. The molecule has 2 N–H and O–H groups in total. The van der Waals surface area contributed by atoms with Crippen LogP contribution in [-0.4, -0.2) is 11.7 Å². The van der Waals surface area contributed by atoms with Crippen LogP contribution in [0.15, 0.2) is 42.5 Å². The van der Waals surface area contributed by atoms with Gasteiger partial charge in [-0.2, -0.15) is 0 Å². The van der Waals surface area contributed by atoms with Gasteiger partial charge in [0.1, 0.15) is 17.5 Å². The average molecular weight is 267 g/mol. The van der Waals surface area contributed by atoms with E-state index in [1.807, 2.05) is 0 Å². The number of hydrogen-bond acceptors (Lipinski definition) is 2. The van der Waals surface area contributed by atoms with Gasteiger partial charge >= 0.3 is 0 Å². The van der Waals surface area contributed by atoms with E-state index >= 15 is 0 Å². The molecule has 0 aliphatic heterocycles. The molecule has 100 valence electrons. The molecule has 0 heterocycles. The monoisotopic (exact) mass is 267 g/mol. The molecule has 1 unspecified atom stereocenters. The van der Waals surface area contributed by atoms with Gasteiger partial charge in [0.15, 0.2) is 0 Å². The number of hydrogen-bond donors (Lipinski definition) is 2. The first-order valence-corrected chi connectivity index (χ1v) is 5.68. The van der Waals surface area contributed by atoms with Crippen LogP contribution in [-0.2, 0) is 0 Å². The Bertz CT molecular complexity index is 554. The highest BCUT2D eigenvalue weighted by Crippen LogP contribution is 2.24. The van der Waals surface area contributed by atoms with Gasteiger partial charge in [-0.25, -0.2) is 13.2 Å². The minimum absolute atomic E-state index is 0.269. The third-order valence-corrected chi connectivity index (χ3v) is 2.70. The lowest BCUT2D eigenvalue weighted by Crippen LogP contribution is -2.18.